The zero-order chi connectivity index (χ0) is 20.6. The quantitative estimate of drug-likeness (QED) is 0.580. The molecule has 2 aromatic carbocycles. The first-order valence-corrected chi connectivity index (χ1v) is 10.0. The molecule has 0 saturated heterocycles. The van der Waals surface area contributed by atoms with Crippen LogP contribution in [0.15, 0.2) is 65.3 Å². The summed E-state index contributed by atoms with van der Waals surface area (Å²) in [6, 6.07) is 18.8. The number of hydrogen-bond acceptors (Lipinski definition) is 4. The number of nitrogens with one attached hydrogen (secondary N) is 1. The normalized spacial score (nSPS) is 11.2. The molecular formula is C24H29N3O2. The highest BCUT2D eigenvalue weighted by Gasteiger charge is 2.16. The second-order valence-corrected chi connectivity index (χ2v) is 7.85. The smallest absolute Gasteiger partial charge is 0.273 e. The molecule has 0 aliphatic carbocycles. The summed E-state index contributed by atoms with van der Waals surface area (Å²) in [5.41, 5.74) is 4.03. The van der Waals surface area contributed by atoms with Gasteiger partial charge in [-0.05, 0) is 24.0 Å². The van der Waals surface area contributed by atoms with Crippen molar-refractivity contribution in [3.63, 3.8) is 0 Å². The van der Waals surface area contributed by atoms with E-state index in [1.807, 2.05) is 18.2 Å². The third-order valence-corrected chi connectivity index (χ3v) is 4.55. The molecule has 1 amide bonds. The van der Waals surface area contributed by atoms with Crippen LogP contribution in [0.4, 0.5) is 0 Å². The number of aromatic nitrogens is 1. The van der Waals surface area contributed by atoms with Gasteiger partial charge >= 0.3 is 0 Å². The largest absolute Gasteiger partial charge is 0.447 e. The fourth-order valence-electron chi connectivity index (χ4n) is 3.14. The van der Waals surface area contributed by atoms with Crippen LogP contribution >= 0.6 is 0 Å². The molecule has 0 aliphatic heterocycles. The SMILES string of the molecule is Cc1cccc(CN(Cc2ccccc2)Cc2nc(C(=O)NCC(C)C)co2)c1. The lowest BCUT2D eigenvalue weighted by Crippen LogP contribution is -2.27. The summed E-state index contributed by atoms with van der Waals surface area (Å²) >= 11 is 0. The maximum absolute atomic E-state index is 12.2. The van der Waals surface area contributed by atoms with Crippen molar-refractivity contribution < 1.29 is 9.21 Å². The Hall–Kier alpha value is -2.92. The van der Waals surface area contributed by atoms with Crippen molar-refractivity contribution in [3.05, 3.63) is 89.1 Å². The van der Waals surface area contributed by atoms with Gasteiger partial charge in [-0.2, -0.15) is 0 Å². The molecule has 29 heavy (non-hydrogen) atoms. The van der Waals surface area contributed by atoms with Gasteiger partial charge in [0.15, 0.2) is 5.69 Å². The van der Waals surface area contributed by atoms with E-state index >= 15 is 0 Å². The lowest BCUT2D eigenvalue weighted by Gasteiger charge is -2.21. The van der Waals surface area contributed by atoms with Gasteiger partial charge in [0.25, 0.3) is 5.91 Å². The topological polar surface area (TPSA) is 58.4 Å². The molecule has 0 bridgehead atoms. The first kappa shape index (κ1) is 20.8. The van der Waals surface area contributed by atoms with E-state index < -0.39 is 0 Å². The number of carbonyl (C=O) groups is 1. The number of rotatable bonds is 9. The van der Waals surface area contributed by atoms with E-state index in [-0.39, 0.29) is 5.91 Å². The van der Waals surface area contributed by atoms with Gasteiger partial charge in [0.2, 0.25) is 5.89 Å². The Labute approximate surface area is 172 Å². The third kappa shape index (κ3) is 6.57. The molecule has 0 atom stereocenters. The standard InChI is InChI=1S/C24H29N3O2/c1-18(2)13-25-24(28)22-17-29-23(26-22)16-27(14-20-9-5-4-6-10-20)15-21-11-7-8-19(3)12-21/h4-12,17-18H,13-16H2,1-3H3,(H,25,28). The number of amides is 1. The number of carbonyl (C=O) groups excluding carboxylic acids is 1. The van der Waals surface area contributed by atoms with Crippen LogP contribution in [-0.4, -0.2) is 22.3 Å². The van der Waals surface area contributed by atoms with Crippen LogP contribution in [0.3, 0.4) is 0 Å². The van der Waals surface area contributed by atoms with Gasteiger partial charge in [-0.3, -0.25) is 9.69 Å². The van der Waals surface area contributed by atoms with E-state index in [1.54, 1.807) is 0 Å². The molecule has 0 unspecified atom stereocenters. The second-order valence-electron chi connectivity index (χ2n) is 7.85. The minimum atomic E-state index is -0.193. The minimum absolute atomic E-state index is 0.193. The number of benzene rings is 2. The van der Waals surface area contributed by atoms with E-state index in [9.17, 15) is 4.79 Å². The Morgan fingerprint density at radius 3 is 2.48 bits per heavy atom. The predicted octanol–water partition coefficient (Wildman–Crippen LogP) is 4.57. The molecule has 0 saturated carbocycles. The van der Waals surface area contributed by atoms with Crippen molar-refractivity contribution in [1.29, 1.82) is 0 Å². The van der Waals surface area contributed by atoms with Crippen molar-refractivity contribution in [2.45, 2.75) is 40.4 Å². The van der Waals surface area contributed by atoms with Crippen molar-refractivity contribution in [2.75, 3.05) is 6.54 Å². The monoisotopic (exact) mass is 391 g/mol. The summed E-state index contributed by atoms with van der Waals surface area (Å²) in [5.74, 6) is 0.742. The third-order valence-electron chi connectivity index (χ3n) is 4.55. The zero-order valence-electron chi connectivity index (χ0n) is 17.4. The van der Waals surface area contributed by atoms with Gasteiger partial charge in [0, 0.05) is 19.6 Å². The molecule has 1 N–H and O–H groups in total. The van der Waals surface area contributed by atoms with Crippen LogP contribution < -0.4 is 5.32 Å². The van der Waals surface area contributed by atoms with Crippen LogP contribution in [0.25, 0.3) is 0 Å². The number of nitrogens with zero attached hydrogens (tertiary/aromatic N) is 2. The van der Waals surface area contributed by atoms with Crippen LogP contribution in [0.2, 0.25) is 0 Å². The summed E-state index contributed by atoms with van der Waals surface area (Å²) in [5, 5.41) is 2.88. The van der Waals surface area contributed by atoms with E-state index in [4.69, 9.17) is 4.42 Å². The van der Waals surface area contributed by atoms with Crippen molar-refractivity contribution in [1.82, 2.24) is 15.2 Å². The van der Waals surface area contributed by atoms with Gasteiger partial charge < -0.3 is 9.73 Å². The van der Waals surface area contributed by atoms with E-state index in [0.29, 0.717) is 30.6 Å². The van der Waals surface area contributed by atoms with Gasteiger partial charge in [0.1, 0.15) is 6.26 Å². The van der Waals surface area contributed by atoms with Crippen LogP contribution in [-0.2, 0) is 19.6 Å². The number of hydrogen-bond donors (Lipinski definition) is 1. The predicted molar refractivity (Wildman–Crippen MR) is 114 cm³/mol. The Morgan fingerprint density at radius 1 is 1.03 bits per heavy atom. The molecule has 0 aliphatic rings. The molecule has 0 fully saturated rings. The molecule has 0 spiro atoms. The second kappa shape index (κ2) is 10.0. The lowest BCUT2D eigenvalue weighted by atomic mass is 10.1. The molecule has 0 radical (unpaired) electrons. The first-order valence-electron chi connectivity index (χ1n) is 10.0. The van der Waals surface area contributed by atoms with E-state index in [2.05, 4.69) is 72.4 Å². The summed E-state index contributed by atoms with van der Waals surface area (Å²) in [6.45, 7) is 8.90. The fraction of sp³-hybridized carbons (Fsp3) is 0.333. The van der Waals surface area contributed by atoms with Crippen molar-refractivity contribution in [3.8, 4) is 0 Å². The van der Waals surface area contributed by atoms with Crippen LogP contribution in [0, 0.1) is 12.8 Å². The summed E-state index contributed by atoms with van der Waals surface area (Å²) < 4.78 is 5.61. The summed E-state index contributed by atoms with van der Waals surface area (Å²) in [7, 11) is 0. The number of aryl methyl sites for hydroxylation is 1. The maximum atomic E-state index is 12.2. The maximum Gasteiger partial charge on any atom is 0.273 e. The molecule has 5 heteroatoms. The lowest BCUT2D eigenvalue weighted by molar-refractivity contribution is 0.0944. The average Bonchev–Trinajstić information content (AvgIpc) is 3.15. The van der Waals surface area contributed by atoms with E-state index in [0.717, 1.165) is 13.1 Å². The van der Waals surface area contributed by atoms with Crippen LogP contribution in [0.5, 0.6) is 0 Å². The van der Waals surface area contributed by atoms with Gasteiger partial charge in [0.05, 0.1) is 6.54 Å². The minimum Gasteiger partial charge on any atom is -0.447 e. The molecule has 5 nitrogen and oxygen atoms in total. The first-order chi connectivity index (χ1) is 14.0. The molecule has 3 rings (SSSR count). The summed E-state index contributed by atoms with van der Waals surface area (Å²) in [4.78, 5) is 18.9. The molecule has 3 aromatic rings. The average molecular weight is 392 g/mol. The fourth-order valence-corrected chi connectivity index (χ4v) is 3.14. The highest BCUT2D eigenvalue weighted by atomic mass is 16.3. The summed E-state index contributed by atoms with van der Waals surface area (Å²) in [6.07, 6.45) is 1.44. The van der Waals surface area contributed by atoms with Gasteiger partial charge in [-0.1, -0.05) is 74.0 Å². The Kier molecular flexibility index (Phi) is 7.19. The van der Waals surface area contributed by atoms with Crippen molar-refractivity contribution in [2.24, 2.45) is 5.92 Å². The van der Waals surface area contributed by atoms with Crippen molar-refractivity contribution >= 4 is 5.91 Å². The molecule has 1 heterocycles. The highest BCUT2D eigenvalue weighted by molar-refractivity contribution is 5.91. The number of oxazole rings is 1. The highest BCUT2D eigenvalue weighted by Crippen LogP contribution is 2.15. The Balaban J connectivity index is 1.71. The molecular weight excluding hydrogens is 362 g/mol. The Bertz CT molecular complexity index is 919. The van der Waals surface area contributed by atoms with Crippen LogP contribution in [0.1, 0.15) is 46.9 Å². The van der Waals surface area contributed by atoms with Gasteiger partial charge in [-0.25, -0.2) is 4.98 Å². The van der Waals surface area contributed by atoms with Gasteiger partial charge in [-0.15, -0.1) is 0 Å². The van der Waals surface area contributed by atoms with E-state index in [1.165, 1.54) is 23.0 Å². The zero-order valence-corrected chi connectivity index (χ0v) is 17.4. The molecule has 152 valence electrons. The molecule has 1 aromatic heterocycles. The Morgan fingerprint density at radius 2 is 1.76 bits per heavy atom.